The van der Waals surface area contributed by atoms with Crippen molar-refractivity contribution in [1.29, 1.82) is 0 Å². The van der Waals surface area contributed by atoms with Gasteiger partial charge >= 0.3 is 5.97 Å². The highest BCUT2D eigenvalue weighted by Crippen LogP contribution is 2.20. The van der Waals surface area contributed by atoms with Crippen molar-refractivity contribution in [2.45, 2.75) is 33.1 Å². The molecule has 4 nitrogen and oxygen atoms in total. The van der Waals surface area contributed by atoms with Crippen molar-refractivity contribution in [2.24, 2.45) is 0 Å². The largest absolute Gasteiger partial charge is 0.493 e. The zero-order valence-corrected chi connectivity index (χ0v) is 13.6. The summed E-state index contributed by atoms with van der Waals surface area (Å²) in [5, 5.41) is 0. The number of carbonyl (C=O) groups excluding carboxylic acids is 1. The summed E-state index contributed by atoms with van der Waals surface area (Å²) in [4.78, 5) is 14.0. The summed E-state index contributed by atoms with van der Waals surface area (Å²) in [6.45, 7) is 6.16. The van der Waals surface area contributed by atoms with Gasteiger partial charge in [-0.05, 0) is 57.6 Å². The maximum Gasteiger partial charge on any atom is 0.338 e. The lowest BCUT2D eigenvalue weighted by Gasteiger charge is -2.11. The van der Waals surface area contributed by atoms with Gasteiger partial charge in [-0.1, -0.05) is 13.3 Å². The standard InChI is InChI=1S/C17H27NO3/c1-5-6-11-20-16-9-8-15(13-14(16)2)17(19)21-12-7-10-18(3)4/h8-9,13H,5-7,10-12H2,1-4H3. The summed E-state index contributed by atoms with van der Waals surface area (Å²) >= 11 is 0. The minimum absolute atomic E-state index is 0.267. The van der Waals surface area contributed by atoms with Crippen molar-refractivity contribution in [3.05, 3.63) is 29.3 Å². The van der Waals surface area contributed by atoms with Crippen LogP contribution < -0.4 is 4.74 Å². The van der Waals surface area contributed by atoms with Gasteiger partial charge in [0.25, 0.3) is 0 Å². The van der Waals surface area contributed by atoms with Crippen LogP contribution in [0.3, 0.4) is 0 Å². The maximum atomic E-state index is 11.9. The van der Waals surface area contributed by atoms with E-state index in [9.17, 15) is 4.79 Å². The second-order valence-corrected chi connectivity index (χ2v) is 5.48. The van der Waals surface area contributed by atoms with Crippen LogP contribution in [0.1, 0.15) is 42.1 Å². The second kappa shape index (κ2) is 9.40. The molecule has 0 radical (unpaired) electrons. The number of hydrogen-bond acceptors (Lipinski definition) is 4. The highest BCUT2D eigenvalue weighted by Gasteiger charge is 2.09. The van der Waals surface area contributed by atoms with Crippen molar-refractivity contribution >= 4 is 5.97 Å². The van der Waals surface area contributed by atoms with Crippen LogP contribution in [0.2, 0.25) is 0 Å². The first-order valence-corrected chi connectivity index (χ1v) is 7.60. The molecule has 0 saturated carbocycles. The molecular formula is C17H27NO3. The smallest absolute Gasteiger partial charge is 0.338 e. The first-order valence-electron chi connectivity index (χ1n) is 7.60. The van der Waals surface area contributed by atoms with E-state index in [1.165, 1.54) is 0 Å². The SMILES string of the molecule is CCCCOc1ccc(C(=O)OCCCN(C)C)cc1C. The number of nitrogens with zero attached hydrogens (tertiary/aromatic N) is 1. The molecule has 1 rings (SSSR count). The van der Waals surface area contributed by atoms with Gasteiger partial charge in [0, 0.05) is 6.54 Å². The molecular weight excluding hydrogens is 266 g/mol. The van der Waals surface area contributed by atoms with Gasteiger partial charge in [0.15, 0.2) is 0 Å². The zero-order valence-electron chi connectivity index (χ0n) is 13.6. The summed E-state index contributed by atoms with van der Waals surface area (Å²) in [5.41, 5.74) is 1.55. The summed E-state index contributed by atoms with van der Waals surface area (Å²) in [5.74, 6) is 0.574. The molecule has 0 fully saturated rings. The first kappa shape index (κ1) is 17.5. The molecule has 4 heteroatoms. The van der Waals surface area contributed by atoms with Crippen LogP contribution in [0.25, 0.3) is 0 Å². The van der Waals surface area contributed by atoms with Crippen LogP contribution in [-0.2, 0) is 4.74 Å². The molecule has 0 heterocycles. The van der Waals surface area contributed by atoms with Gasteiger partial charge < -0.3 is 14.4 Å². The van der Waals surface area contributed by atoms with Gasteiger partial charge in [0.2, 0.25) is 0 Å². The Labute approximate surface area is 128 Å². The van der Waals surface area contributed by atoms with Crippen LogP contribution in [0.4, 0.5) is 0 Å². The Kier molecular flexibility index (Phi) is 7.83. The molecule has 0 spiro atoms. The van der Waals surface area contributed by atoms with Crippen LogP contribution in [0, 0.1) is 6.92 Å². The third kappa shape index (κ3) is 6.63. The lowest BCUT2D eigenvalue weighted by atomic mass is 10.1. The summed E-state index contributed by atoms with van der Waals surface area (Å²) < 4.78 is 10.9. The van der Waals surface area contributed by atoms with Crippen molar-refractivity contribution in [1.82, 2.24) is 4.90 Å². The van der Waals surface area contributed by atoms with E-state index in [-0.39, 0.29) is 5.97 Å². The first-order chi connectivity index (χ1) is 10.0. The number of hydrogen-bond donors (Lipinski definition) is 0. The van der Waals surface area contributed by atoms with Crippen LogP contribution in [0.15, 0.2) is 18.2 Å². The quantitative estimate of drug-likeness (QED) is 0.517. The predicted octanol–water partition coefficient (Wildman–Crippen LogP) is 3.28. The van der Waals surface area contributed by atoms with Crippen LogP contribution >= 0.6 is 0 Å². The molecule has 1 aromatic rings. The minimum atomic E-state index is -0.267. The number of benzene rings is 1. The van der Waals surface area contributed by atoms with E-state index >= 15 is 0 Å². The van der Waals surface area contributed by atoms with Crippen LogP contribution in [0.5, 0.6) is 5.75 Å². The lowest BCUT2D eigenvalue weighted by molar-refractivity contribution is 0.0493. The number of esters is 1. The maximum absolute atomic E-state index is 11.9. The topological polar surface area (TPSA) is 38.8 Å². The number of aryl methyl sites for hydroxylation is 1. The minimum Gasteiger partial charge on any atom is -0.493 e. The van der Waals surface area contributed by atoms with Gasteiger partial charge in [0.1, 0.15) is 5.75 Å². The van der Waals surface area contributed by atoms with Gasteiger partial charge in [-0.3, -0.25) is 0 Å². The van der Waals surface area contributed by atoms with E-state index in [1.807, 2.05) is 33.2 Å². The summed E-state index contributed by atoms with van der Waals surface area (Å²) in [6, 6.07) is 5.44. The predicted molar refractivity (Wildman–Crippen MR) is 85.0 cm³/mol. The molecule has 0 N–H and O–H groups in total. The number of ether oxygens (including phenoxy) is 2. The van der Waals surface area contributed by atoms with Crippen molar-refractivity contribution in [3.63, 3.8) is 0 Å². The molecule has 118 valence electrons. The second-order valence-electron chi connectivity index (χ2n) is 5.48. The Bertz CT molecular complexity index is 444. The van der Waals surface area contributed by atoms with Crippen molar-refractivity contribution < 1.29 is 14.3 Å². The Morgan fingerprint density at radius 2 is 1.95 bits per heavy atom. The zero-order chi connectivity index (χ0) is 15.7. The number of unbranched alkanes of at least 4 members (excludes halogenated alkanes) is 1. The Hall–Kier alpha value is -1.55. The number of rotatable bonds is 9. The summed E-state index contributed by atoms with van der Waals surface area (Å²) in [6.07, 6.45) is 2.99. The molecule has 1 aromatic carbocycles. The molecule has 0 aliphatic heterocycles. The van der Waals surface area contributed by atoms with E-state index in [2.05, 4.69) is 11.8 Å². The van der Waals surface area contributed by atoms with Gasteiger partial charge in [-0.15, -0.1) is 0 Å². The van der Waals surface area contributed by atoms with Crippen molar-refractivity contribution in [2.75, 3.05) is 33.9 Å². The van der Waals surface area contributed by atoms with Gasteiger partial charge in [-0.2, -0.15) is 0 Å². The molecule has 0 aliphatic carbocycles. The highest BCUT2D eigenvalue weighted by molar-refractivity contribution is 5.89. The normalized spacial score (nSPS) is 10.7. The Morgan fingerprint density at radius 3 is 2.57 bits per heavy atom. The molecule has 0 bridgehead atoms. The van der Waals surface area contributed by atoms with Gasteiger partial charge in [-0.25, -0.2) is 4.79 Å². The molecule has 0 atom stereocenters. The number of carbonyl (C=O) groups is 1. The van der Waals surface area contributed by atoms with E-state index < -0.39 is 0 Å². The van der Waals surface area contributed by atoms with E-state index in [0.717, 1.165) is 37.1 Å². The third-order valence-corrected chi connectivity index (χ3v) is 3.15. The Balaban J connectivity index is 2.47. The molecule has 0 amide bonds. The molecule has 0 saturated heterocycles. The fraction of sp³-hybridized carbons (Fsp3) is 0.588. The molecule has 0 aromatic heterocycles. The Morgan fingerprint density at radius 1 is 1.19 bits per heavy atom. The van der Waals surface area contributed by atoms with Crippen molar-refractivity contribution in [3.8, 4) is 5.75 Å². The fourth-order valence-electron chi connectivity index (χ4n) is 1.89. The van der Waals surface area contributed by atoms with Gasteiger partial charge in [0.05, 0.1) is 18.8 Å². The molecule has 0 unspecified atom stereocenters. The van der Waals surface area contributed by atoms with E-state index in [4.69, 9.17) is 9.47 Å². The summed E-state index contributed by atoms with van der Waals surface area (Å²) in [7, 11) is 4.00. The monoisotopic (exact) mass is 293 g/mol. The highest BCUT2D eigenvalue weighted by atomic mass is 16.5. The van der Waals surface area contributed by atoms with E-state index in [0.29, 0.717) is 18.8 Å². The average molecular weight is 293 g/mol. The molecule has 21 heavy (non-hydrogen) atoms. The van der Waals surface area contributed by atoms with Crippen LogP contribution in [-0.4, -0.2) is 44.7 Å². The third-order valence-electron chi connectivity index (χ3n) is 3.15. The van der Waals surface area contributed by atoms with E-state index in [1.54, 1.807) is 6.07 Å². The lowest BCUT2D eigenvalue weighted by Crippen LogP contribution is -2.16. The average Bonchev–Trinajstić information content (AvgIpc) is 2.45. The fourth-order valence-corrected chi connectivity index (χ4v) is 1.89. The molecule has 0 aliphatic rings.